The van der Waals surface area contributed by atoms with Crippen molar-refractivity contribution in [3.63, 3.8) is 0 Å². The zero-order valence-corrected chi connectivity index (χ0v) is 18.2. The fourth-order valence-electron chi connectivity index (χ4n) is 2.75. The number of rotatable bonds is 8. The third kappa shape index (κ3) is 5.74. The lowest BCUT2D eigenvalue weighted by Crippen LogP contribution is -2.17. The number of benzene rings is 2. The van der Waals surface area contributed by atoms with Crippen LogP contribution in [0.1, 0.15) is 23.1 Å². The van der Waals surface area contributed by atoms with E-state index in [1.165, 1.54) is 17.3 Å². The van der Waals surface area contributed by atoms with Gasteiger partial charge in [-0.2, -0.15) is 0 Å². The van der Waals surface area contributed by atoms with Gasteiger partial charge in [-0.3, -0.25) is 4.79 Å². The minimum atomic E-state index is -0.178. The van der Waals surface area contributed by atoms with E-state index in [-0.39, 0.29) is 5.91 Å². The molecular weight excluding hydrogens is 406 g/mol. The molecule has 1 heterocycles. The van der Waals surface area contributed by atoms with Crippen LogP contribution >= 0.6 is 24.0 Å². The van der Waals surface area contributed by atoms with Gasteiger partial charge in [0.1, 0.15) is 10.1 Å². The van der Waals surface area contributed by atoms with E-state index in [1.807, 2.05) is 38.1 Å². The van der Waals surface area contributed by atoms with Crippen LogP contribution in [-0.2, 0) is 4.79 Å². The first-order valence-electron chi connectivity index (χ1n) is 9.22. The van der Waals surface area contributed by atoms with Crippen LogP contribution in [0.4, 0.5) is 0 Å². The quantitative estimate of drug-likeness (QED) is 0.375. The van der Waals surface area contributed by atoms with E-state index in [4.69, 9.17) is 26.4 Å². The molecule has 0 unspecified atom stereocenters. The molecular formula is C22H23NO4S2. The summed E-state index contributed by atoms with van der Waals surface area (Å²) in [6.07, 6.45) is 2.53. The Labute approximate surface area is 180 Å². The van der Waals surface area contributed by atoms with Gasteiger partial charge in [-0.05, 0) is 54.8 Å². The van der Waals surface area contributed by atoms with E-state index in [1.54, 1.807) is 13.2 Å². The zero-order valence-electron chi connectivity index (χ0n) is 16.6. The summed E-state index contributed by atoms with van der Waals surface area (Å²) >= 11 is 6.26. The van der Waals surface area contributed by atoms with Crippen molar-refractivity contribution in [1.29, 1.82) is 0 Å². The second kappa shape index (κ2) is 9.80. The Hall–Kier alpha value is -2.51. The zero-order chi connectivity index (χ0) is 20.8. The van der Waals surface area contributed by atoms with Crippen molar-refractivity contribution in [3.05, 3.63) is 58.0 Å². The summed E-state index contributed by atoms with van der Waals surface area (Å²) in [4.78, 5) is 12.4. The fraction of sp³-hybridized carbons (Fsp3) is 0.273. The standard InChI is InChI=1S/C22H23NO4S2/c1-14-5-6-15(2)18(11-14)27-10-4-9-26-17-8-7-16(12-19(17)25-3)13-20-21(24)23-22(28)29-20/h5-8,11-13H,4,9-10H2,1-3H3,(H,23,24,28). The first-order valence-corrected chi connectivity index (χ1v) is 10.4. The predicted molar refractivity (Wildman–Crippen MR) is 121 cm³/mol. The number of thiocarbonyl (C=S) groups is 1. The molecule has 29 heavy (non-hydrogen) atoms. The SMILES string of the molecule is COc1cc(C=C2SC(=S)NC2=O)ccc1OCCCOc1cc(C)ccc1C. The van der Waals surface area contributed by atoms with Crippen LogP contribution in [0.2, 0.25) is 0 Å². The van der Waals surface area contributed by atoms with Crippen LogP contribution in [0.5, 0.6) is 17.2 Å². The first-order chi connectivity index (χ1) is 14.0. The fourth-order valence-corrected chi connectivity index (χ4v) is 3.80. The van der Waals surface area contributed by atoms with E-state index in [0.29, 0.717) is 33.9 Å². The van der Waals surface area contributed by atoms with Gasteiger partial charge in [0.2, 0.25) is 0 Å². The van der Waals surface area contributed by atoms with E-state index in [9.17, 15) is 4.79 Å². The van der Waals surface area contributed by atoms with Gasteiger partial charge >= 0.3 is 0 Å². The lowest BCUT2D eigenvalue weighted by Gasteiger charge is -2.13. The molecule has 1 fully saturated rings. The summed E-state index contributed by atoms with van der Waals surface area (Å²) in [6, 6.07) is 11.7. The number of ether oxygens (including phenoxy) is 3. The molecule has 0 aliphatic carbocycles. The van der Waals surface area contributed by atoms with Gasteiger partial charge in [0, 0.05) is 6.42 Å². The van der Waals surface area contributed by atoms with Crippen molar-refractivity contribution >= 4 is 40.3 Å². The topological polar surface area (TPSA) is 56.8 Å². The summed E-state index contributed by atoms with van der Waals surface area (Å²) in [7, 11) is 1.59. The molecule has 2 aromatic carbocycles. The highest BCUT2D eigenvalue weighted by Crippen LogP contribution is 2.31. The van der Waals surface area contributed by atoms with Crippen molar-refractivity contribution < 1.29 is 19.0 Å². The molecule has 0 radical (unpaired) electrons. The maximum Gasteiger partial charge on any atom is 0.263 e. The number of hydrogen-bond donors (Lipinski definition) is 1. The Balaban J connectivity index is 1.54. The van der Waals surface area contributed by atoms with Gasteiger partial charge < -0.3 is 19.5 Å². The average Bonchev–Trinajstić information content (AvgIpc) is 3.01. The molecule has 1 aliphatic rings. The molecule has 1 amide bonds. The largest absolute Gasteiger partial charge is 0.493 e. The minimum Gasteiger partial charge on any atom is -0.493 e. The second-order valence-corrected chi connectivity index (χ2v) is 8.30. The molecule has 0 bridgehead atoms. The number of thioether (sulfide) groups is 1. The molecule has 0 atom stereocenters. The van der Waals surface area contributed by atoms with Crippen molar-refractivity contribution in [2.24, 2.45) is 0 Å². The van der Waals surface area contributed by atoms with Gasteiger partial charge in [0.15, 0.2) is 11.5 Å². The summed E-state index contributed by atoms with van der Waals surface area (Å²) < 4.78 is 17.6. The third-order valence-electron chi connectivity index (χ3n) is 4.27. The number of carbonyl (C=O) groups is 1. The molecule has 1 saturated heterocycles. The molecule has 152 valence electrons. The molecule has 0 spiro atoms. The van der Waals surface area contributed by atoms with Crippen molar-refractivity contribution in [3.8, 4) is 17.2 Å². The molecule has 1 N–H and O–H groups in total. The minimum absolute atomic E-state index is 0.178. The molecule has 5 nitrogen and oxygen atoms in total. The van der Waals surface area contributed by atoms with E-state index >= 15 is 0 Å². The lowest BCUT2D eigenvalue weighted by atomic mass is 10.1. The highest BCUT2D eigenvalue weighted by molar-refractivity contribution is 8.26. The average molecular weight is 430 g/mol. The smallest absolute Gasteiger partial charge is 0.263 e. The normalized spacial score (nSPS) is 14.8. The van der Waals surface area contributed by atoms with Crippen LogP contribution < -0.4 is 19.5 Å². The maximum absolute atomic E-state index is 11.8. The van der Waals surface area contributed by atoms with E-state index in [2.05, 4.69) is 17.4 Å². The number of hydrogen-bond acceptors (Lipinski definition) is 6. The molecule has 1 aliphatic heterocycles. The van der Waals surface area contributed by atoms with Crippen molar-refractivity contribution in [2.75, 3.05) is 20.3 Å². The van der Waals surface area contributed by atoms with Gasteiger partial charge in [-0.25, -0.2) is 0 Å². The number of methoxy groups -OCH3 is 1. The van der Waals surface area contributed by atoms with Crippen LogP contribution in [0, 0.1) is 13.8 Å². The molecule has 0 saturated carbocycles. The lowest BCUT2D eigenvalue weighted by molar-refractivity contribution is -0.115. The Morgan fingerprint density at radius 1 is 1.03 bits per heavy atom. The molecule has 0 aromatic heterocycles. The Bertz CT molecular complexity index is 956. The predicted octanol–water partition coefficient (Wildman–Crippen LogP) is 4.65. The number of amides is 1. The number of carbonyl (C=O) groups excluding carboxylic acids is 1. The molecule has 7 heteroatoms. The number of aryl methyl sites for hydroxylation is 2. The van der Waals surface area contributed by atoms with Gasteiger partial charge in [0.05, 0.1) is 25.2 Å². The Morgan fingerprint density at radius 2 is 1.79 bits per heavy atom. The van der Waals surface area contributed by atoms with Crippen LogP contribution in [0.3, 0.4) is 0 Å². The monoisotopic (exact) mass is 429 g/mol. The van der Waals surface area contributed by atoms with E-state index in [0.717, 1.165) is 23.3 Å². The highest BCUT2D eigenvalue weighted by atomic mass is 32.2. The van der Waals surface area contributed by atoms with Crippen LogP contribution in [0.25, 0.3) is 6.08 Å². The Morgan fingerprint density at radius 3 is 2.48 bits per heavy atom. The summed E-state index contributed by atoms with van der Waals surface area (Å²) in [5, 5.41) is 2.60. The summed E-state index contributed by atoms with van der Waals surface area (Å²) in [6.45, 7) is 5.17. The van der Waals surface area contributed by atoms with Crippen molar-refractivity contribution in [1.82, 2.24) is 5.32 Å². The summed E-state index contributed by atoms with van der Waals surface area (Å²) in [5.41, 5.74) is 3.14. The van der Waals surface area contributed by atoms with Crippen LogP contribution in [-0.4, -0.2) is 30.6 Å². The third-order valence-corrected chi connectivity index (χ3v) is 5.44. The summed E-state index contributed by atoms with van der Waals surface area (Å²) in [5.74, 6) is 2.00. The number of nitrogens with one attached hydrogen (secondary N) is 1. The van der Waals surface area contributed by atoms with Gasteiger partial charge in [0.25, 0.3) is 5.91 Å². The van der Waals surface area contributed by atoms with Gasteiger partial charge in [-0.15, -0.1) is 0 Å². The highest BCUT2D eigenvalue weighted by Gasteiger charge is 2.22. The molecule has 3 rings (SSSR count). The maximum atomic E-state index is 11.8. The van der Waals surface area contributed by atoms with Crippen molar-refractivity contribution in [2.45, 2.75) is 20.3 Å². The Kier molecular flexibility index (Phi) is 7.17. The second-order valence-electron chi connectivity index (χ2n) is 6.58. The first kappa shape index (κ1) is 21.2. The van der Waals surface area contributed by atoms with E-state index < -0.39 is 0 Å². The van der Waals surface area contributed by atoms with Crippen LogP contribution in [0.15, 0.2) is 41.3 Å². The van der Waals surface area contributed by atoms with Gasteiger partial charge in [-0.1, -0.05) is 42.2 Å². The molecule has 2 aromatic rings.